The Morgan fingerprint density at radius 1 is 1.47 bits per heavy atom. The predicted molar refractivity (Wildman–Crippen MR) is 68.4 cm³/mol. The normalized spacial score (nSPS) is 15.4. The number of hydrogen-bond donors (Lipinski definition) is 1. The van der Waals surface area contributed by atoms with Gasteiger partial charge in [0.15, 0.2) is 11.5 Å². The molecule has 19 heavy (non-hydrogen) atoms. The van der Waals surface area contributed by atoms with Crippen LogP contribution in [0.5, 0.6) is 11.5 Å². The van der Waals surface area contributed by atoms with Crippen LogP contribution in [0.15, 0.2) is 18.2 Å². The average molecular weight is 260 g/mol. The summed E-state index contributed by atoms with van der Waals surface area (Å²) >= 11 is 0. The van der Waals surface area contributed by atoms with Gasteiger partial charge in [0.1, 0.15) is 5.41 Å². The van der Waals surface area contributed by atoms with E-state index in [1.165, 1.54) is 0 Å². The fraction of sp³-hybridized carbons (Fsp3) is 0.429. The number of rotatable bonds is 4. The average Bonchev–Trinajstić information content (AvgIpc) is 2.91. The summed E-state index contributed by atoms with van der Waals surface area (Å²) in [6.45, 7) is 4.06. The number of carbonyl (C=O) groups excluding carboxylic acids is 1. The van der Waals surface area contributed by atoms with Crippen LogP contribution >= 0.6 is 0 Å². The number of hydrogen-bond acceptors (Lipinski definition) is 4. The van der Waals surface area contributed by atoms with Crippen LogP contribution in [0.3, 0.4) is 0 Å². The zero-order valence-corrected chi connectivity index (χ0v) is 11.0. The zero-order valence-electron chi connectivity index (χ0n) is 11.0. The second-order valence-electron chi connectivity index (χ2n) is 4.67. The molecule has 0 aliphatic carbocycles. The summed E-state index contributed by atoms with van der Waals surface area (Å²) < 4.78 is 10.5. The van der Waals surface area contributed by atoms with Crippen molar-refractivity contribution >= 4 is 5.91 Å². The molecule has 1 aromatic carbocycles. The minimum atomic E-state index is -0.976. The lowest BCUT2D eigenvalue weighted by Gasteiger charge is -2.18. The minimum absolute atomic E-state index is 0.230. The van der Waals surface area contributed by atoms with Gasteiger partial charge in [-0.3, -0.25) is 4.79 Å². The molecule has 1 amide bonds. The van der Waals surface area contributed by atoms with Gasteiger partial charge >= 0.3 is 0 Å². The summed E-state index contributed by atoms with van der Waals surface area (Å²) in [5, 5.41) is 11.8. The number of nitrogens with zero attached hydrogens (tertiary/aromatic N) is 1. The molecule has 1 N–H and O–H groups in total. The lowest BCUT2D eigenvalue weighted by atomic mass is 9.88. The third-order valence-corrected chi connectivity index (χ3v) is 3.35. The van der Waals surface area contributed by atoms with Crippen molar-refractivity contribution in [2.45, 2.75) is 26.8 Å². The molecule has 1 aliphatic heterocycles. The van der Waals surface area contributed by atoms with Gasteiger partial charge in [0.25, 0.3) is 0 Å². The molecule has 1 aliphatic rings. The molecule has 2 rings (SSSR count). The van der Waals surface area contributed by atoms with E-state index in [9.17, 15) is 4.79 Å². The second-order valence-corrected chi connectivity index (χ2v) is 4.67. The zero-order chi connectivity index (χ0) is 13.9. The van der Waals surface area contributed by atoms with Crippen molar-refractivity contribution in [2.24, 2.45) is 5.41 Å². The molecule has 100 valence electrons. The molecule has 0 radical (unpaired) electrons. The predicted octanol–water partition coefficient (Wildman–Crippen LogP) is 1.97. The Balaban J connectivity index is 2.00. The Morgan fingerprint density at radius 2 is 2.21 bits per heavy atom. The van der Waals surface area contributed by atoms with E-state index in [0.29, 0.717) is 24.5 Å². The van der Waals surface area contributed by atoms with Gasteiger partial charge in [-0.05, 0) is 31.0 Å². The van der Waals surface area contributed by atoms with Crippen molar-refractivity contribution < 1.29 is 14.3 Å². The Hall–Kier alpha value is -2.22. The molecule has 0 aromatic heterocycles. The number of benzene rings is 1. The molecule has 1 aromatic rings. The Bertz CT molecular complexity index is 536. The molecule has 1 heterocycles. The maximum absolute atomic E-state index is 11.9. The van der Waals surface area contributed by atoms with Crippen molar-refractivity contribution in [3.63, 3.8) is 0 Å². The standard InChI is InChI=1S/C14H16N2O3/c1-3-14(2,8-15)13(17)16-7-10-4-5-11-12(6-10)19-9-18-11/h4-6H,3,7,9H2,1-2H3,(H,16,17). The molecular weight excluding hydrogens is 244 g/mol. The third-order valence-electron chi connectivity index (χ3n) is 3.35. The fourth-order valence-corrected chi connectivity index (χ4v) is 1.72. The molecule has 0 spiro atoms. The summed E-state index contributed by atoms with van der Waals surface area (Å²) in [7, 11) is 0. The highest BCUT2D eigenvalue weighted by molar-refractivity contribution is 5.84. The molecule has 0 fully saturated rings. The summed E-state index contributed by atoms with van der Waals surface area (Å²) in [6.07, 6.45) is 0.483. The van der Waals surface area contributed by atoms with E-state index in [2.05, 4.69) is 5.32 Å². The quantitative estimate of drug-likeness (QED) is 0.898. The summed E-state index contributed by atoms with van der Waals surface area (Å²) in [5.74, 6) is 1.14. The van der Waals surface area contributed by atoms with Gasteiger partial charge in [0, 0.05) is 6.54 Å². The molecule has 0 bridgehead atoms. The van der Waals surface area contributed by atoms with Crippen molar-refractivity contribution in [3.8, 4) is 17.6 Å². The number of ether oxygens (including phenoxy) is 2. The number of nitrogens with one attached hydrogen (secondary N) is 1. The topological polar surface area (TPSA) is 71.4 Å². The molecule has 0 saturated heterocycles. The third kappa shape index (κ3) is 2.63. The van der Waals surface area contributed by atoms with Gasteiger partial charge in [0.05, 0.1) is 6.07 Å². The highest BCUT2D eigenvalue weighted by Gasteiger charge is 2.30. The van der Waals surface area contributed by atoms with E-state index < -0.39 is 5.41 Å². The van der Waals surface area contributed by atoms with E-state index in [1.54, 1.807) is 6.92 Å². The van der Waals surface area contributed by atoms with Crippen LogP contribution in [0.1, 0.15) is 25.8 Å². The first kappa shape index (κ1) is 13.2. The Kier molecular flexibility index (Phi) is 3.61. The van der Waals surface area contributed by atoms with Crippen LogP contribution in [-0.4, -0.2) is 12.7 Å². The smallest absolute Gasteiger partial charge is 0.240 e. The van der Waals surface area contributed by atoms with Gasteiger partial charge in [-0.1, -0.05) is 13.0 Å². The van der Waals surface area contributed by atoms with Crippen LogP contribution in [0.25, 0.3) is 0 Å². The first-order chi connectivity index (χ1) is 9.09. The fourth-order valence-electron chi connectivity index (χ4n) is 1.72. The summed E-state index contributed by atoms with van der Waals surface area (Å²) in [4.78, 5) is 11.9. The monoisotopic (exact) mass is 260 g/mol. The SMILES string of the molecule is CCC(C)(C#N)C(=O)NCc1ccc2c(c1)OCO2. The van der Waals surface area contributed by atoms with Crippen LogP contribution in [0.4, 0.5) is 0 Å². The maximum Gasteiger partial charge on any atom is 0.240 e. The first-order valence-corrected chi connectivity index (χ1v) is 6.17. The first-order valence-electron chi connectivity index (χ1n) is 6.17. The molecule has 1 unspecified atom stereocenters. The van der Waals surface area contributed by atoms with E-state index in [0.717, 1.165) is 5.56 Å². The second kappa shape index (κ2) is 5.19. The van der Waals surface area contributed by atoms with Crippen LogP contribution < -0.4 is 14.8 Å². The van der Waals surface area contributed by atoms with Crippen molar-refractivity contribution in [1.29, 1.82) is 5.26 Å². The van der Waals surface area contributed by atoms with Crippen LogP contribution in [0, 0.1) is 16.7 Å². The largest absolute Gasteiger partial charge is 0.454 e. The van der Waals surface area contributed by atoms with Crippen molar-refractivity contribution in [3.05, 3.63) is 23.8 Å². The number of nitriles is 1. The highest BCUT2D eigenvalue weighted by atomic mass is 16.7. The minimum Gasteiger partial charge on any atom is -0.454 e. The molecular formula is C14H16N2O3. The van der Waals surface area contributed by atoms with E-state index in [4.69, 9.17) is 14.7 Å². The molecule has 1 atom stereocenters. The molecule has 5 heteroatoms. The number of carbonyl (C=O) groups is 1. The van der Waals surface area contributed by atoms with Crippen molar-refractivity contribution in [2.75, 3.05) is 6.79 Å². The van der Waals surface area contributed by atoms with Gasteiger partial charge in [-0.15, -0.1) is 0 Å². The summed E-state index contributed by atoms with van der Waals surface area (Å²) in [6, 6.07) is 7.56. The van der Waals surface area contributed by atoms with Crippen molar-refractivity contribution in [1.82, 2.24) is 5.32 Å². The lowest BCUT2D eigenvalue weighted by Crippen LogP contribution is -2.37. The van der Waals surface area contributed by atoms with Gasteiger partial charge in [-0.25, -0.2) is 0 Å². The van der Waals surface area contributed by atoms with E-state index >= 15 is 0 Å². The lowest BCUT2D eigenvalue weighted by molar-refractivity contribution is -0.127. The highest BCUT2D eigenvalue weighted by Crippen LogP contribution is 2.32. The van der Waals surface area contributed by atoms with Crippen LogP contribution in [-0.2, 0) is 11.3 Å². The molecule has 0 saturated carbocycles. The maximum atomic E-state index is 11.9. The number of fused-ring (bicyclic) bond motifs is 1. The van der Waals surface area contributed by atoms with Gasteiger partial charge in [0.2, 0.25) is 12.7 Å². The Labute approximate surface area is 112 Å². The number of amides is 1. The molecule has 5 nitrogen and oxygen atoms in total. The Morgan fingerprint density at radius 3 is 2.89 bits per heavy atom. The summed E-state index contributed by atoms with van der Waals surface area (Å²) in [5.41, 5.74) is -0.0647. The van der Waals surface area contributed by atoms with E-state index in [1.807, 2.05) is 31.2 Å². The van der Waals surface area contributed by atoms with Gasteiger partial charge in [-0.2, -0.15) is 5.26 Å². The van der Waals surface area contributed by atoms with E-state index in [-0.39, 0.29) is 12.7 Å². The van der Waals surface area contributed by atoms with Crippen LogP contribution in [0.2, 0.25) is 0 Å². The van der Waals surface area contributed by atoms with Gasteiger partial charge < -0.3 is 14.8 Å².